The van der Waals surface area contributed by atoms with Crippen LogP contribution in [0.1, 0.15) is 0 Å². The molecule has 0 aromatic heterocycles. The first kappa shape index (κ1) is 43.6. The van der Waals surface area contributed by atoms with Gasteiger partial charge in [-0.2, -0.15) is 0 Å². The van der Waals surface area contributed by atoms with Crippen LogP contribution in [-0.4, -0.2) is 77.7 Å². The van der Waals surface area contributed by atoms with E-state index < -0.39 is 78.8 Å². The van der Waals surface area contributed by atoms with Crippen LogP contribution in [0.15, 0.2) is 0 Å². The maximum atomic E-state index is 8.61. The van der Waals surface area contributed by atoms with Crippen LogP contribution in [0.4, 0.5) is 0 Å². The van der Waals surface area contributed by atoms with Crippen LogP contribution in [-0.2, 0) is 98.0 Å². The van der Waals surface area contributed by atoms with Gasteiger partial charge in [-0.15, -0.1) is 0 Å². The van der Waals surface area contributed by atoms with Crippen LogP contribution >= 0.6 is 0 Å². The Bertz CT molecular complexity index is 270. The summed E-state index contributed by atoms with van der Waals surface area (Å²) in [5, 5.41) is 0. The third kappa shape index (κ3) is 505. The zero-order valence-electron chi connectivity index (χ0n) is 8.50. The molecule has 0 aromatic carbocycles. The second-order valence-electron chi connectivity index (χ2n) is 0.947. The standard InChI is InChI=1S/Mg.2Nb.12O.2Pb.Ti.Zr/q+2;;;;;;;;;6*-1;2*+2;;. The predicted molar refractivity (Wildman–Crippen MR) is 21.4 cm³/mol. The first-order valence-corrected chi connectivity index (χ1v) is 12.6. The van der Waals surface area contributed by atoms with Crippen molar-refractivity contribution in [2.45, 2.75) is 0 Å². The summed E-state index contributed by atoms with van der Waals surface area (Å²) in [5.41, 5.74) is 0. The molecule has 0 aliphatic carbocycles. The number of rotatable bonds is 0. The molecule has 0 saturated carbocycles. The van der Waals surface area contributed by atoms with E-state index in [1.54, 1.807) is 0 Å². The van der Waals surface area contributed by atoms with Crippen molar-refractivity contribution in [3.63, 3.8) is 0 Å². The molecule has 19 heavy (non-hydrogen) atoms. The molecule has 0 aliphatic heterocycles. The SMILES string of the molecule is [Mg+2].[O]=[Nb](=[O])[O-].[O]=[Nb](=[O])[O-].[O]=[Ti]([O-])[O-].[O]=[Zr]([O-])[O-].[Pb+2].[Pb+2]. The summed E-state index contributed by atoms with van der Waals surface area (Å²) < 4.78 is 103. The summed E-state index contributed by atoms with van der Waals surface area (Å²) in [4.78, 5) is 0. The van der Waals surface area contributed by atoms with E-state index in [2.05, 4.69) is 0 Å². The Morgan fingerprint density at radius 1 is 0.842 bits per heavy atom. The van der Waals surface area contributed by atoms with Crippen LogP contribution in [0.2, 0.25) is 0 Å². The molecule has 0 bridgehead atoms. The van der Waals surface area contributed by atoms with Crippen molar-refractivity contribution in [3.05, 3.63) is 0 Å². The second-order valence-corrected chi connectivity index (χ2v) is 5.16. The van der Waals surface area contributed by atoms with Crippen LogP contribution < -0.4 is 21.0 Å². The molecule has 0 aliphatic rings. The fourth-order valence-corrected chi connectivity index (χ4v) is 0. The molecule has 0 fully saturated rings. The summed E-state index contributed by atoms with van der Waals surface area (Å²) in [5.74, 6) is 0. The molecule has 0 N–H and O–H groups in total. The van der Waals surface area contributed by atoms with Gasteiger partial charge >= 0.3 is 197 Å². The van der Waals surface area contributed by atoms with Gasteiger partial charge < -0.3 is 0 Å². The Balaban J connectivity index is -0.0000000192. The van der Waals surface area contributed by atoms with E-state index in [1.807, 2.05) is 0 Å². The second kappa shape index (κ2) is 38.0. The molecule has 0 amide bonds. The van der Waals surface area contributed by atoms with Gasteiger partial charge in [-0.05, 0) is 0 Å². The van der Waals surface area contributed by atoms with Gasteiger partial charge in [-0.1, -0.05) is 0 Å². The van der Waals surface area contributed by atoms with Gasteiger partial charge in [0.15, 0.2) is 0 Å². The minimum atomic E-state index is -4.29. The molecule has 0 spiro atoms. The Hall–Kier alpha value is 4.25. The maximum absolute atomic E-state index is 8.61. The summed E-state index contributed by atoms with van der Waals surface area (Å²) in [6.45, 7) is 0. The van der Waals surface area contributed by atoms with E-state index in [4.69, 9.17) is 40.1 Å². The molecule has 0 aromatic rings. The third-order valence-electron chi connectivity index (χ3n) is 0. The summed E-state index contributed by atoms with van der Waals surface area (Å²) in [6, 6.07) is 0. The van der Waals surface area contributed by atoms with Crippen molar-refractivity contribution in [2.24, 2.45) is 0 Å². The topological polar surface area (TPSA) is 241 Å². The Kier molecular flexibility index (Phi) is 87.3. The number of hydrogen-bond donors (Lipinski definition) is 0. The maximum Gasteiger partial charge on any atom is 2.00 e. The summed E-state index contributed by atoms with van der Waals surface area (Å²) >= 11 is -16.8. The van der Waals surface area contributed by atoms with Crippen LogP contribution in [0, 0.1) is 0 Å². The molecule has 19 heteroatoms. The van der Waals surface area contributed by atoms with Gasteiger partial charge in [0.05, 0.1) is 0 Å². The predicted octanol–water partition coefficient (Wildman–Crippen LogP) is -9.00. The van der Waals surface area contributed by atoms with E-state index in [0.29, 0.717) is 0 Å². The van der Waals surface area contributed by atoms with Crippen LogP contribution in [0.25, 0.3) is 0 Å². The molecular formula is MgNb2O12Pb2TiZr. The van der Waals surface area contributed by atoms with Crippen molar-refractivity contribution in [1.29, 1.82) is 0 Å². The molecule has 0 heterocycles. The summed E-state index contributed by atoms with van der Waals surface area (Å²) in [6.07, 6.45) is 0. The van der Waals surface area contributed by atoms with Gasteiger partial charge in [0.2, 0.25) is 0 Å². The Morgan fingerprint density at radius 2 is 0.842 bits per heavy atom. The van der Waals surface area contributed by atoms with Crippen molar-refractivity contribution < 1.29 is 119 Å². The molecule has 0 unspecified atom stereocenters. The van der Waals surface area contributed by atoms with Crippen molar-refractivity contribution in [1.82, 2.24) is 0 Å². The van der Waals surface area contributed by atoms with E-state index in [1.165, 1.54) is 0 Å². The summed E-state index contributed by atoms with van der Waals surface area (Å²) in [7, 11) is 0. The Morgan fingerprint density at radius 3 is 0.842 bits per heavy atom. The average Bonchev–Trinajstić information content (AvgIpc) is 1.76. The Labute approximate surface area is 192 Å². The van der Waals surface area contributed by atoms with Crippen molar-refractivity contribution >= 4 is 77.7 Å². The van der Waals surface area contributed by atoms with Crippen molar-refractivity contribution in [3.8, 4) is 0 Å². The fourth-order valence-electron chi connectivity index (χ4n) is 0. The van der Waals surface area contributed by atoms with Gasteiger partial charge in [0.25, 0.3) is 0 Å². The molecule has 12 nitrogen and oxygen atoms in total. The van der Waals surface area contributed by atoms with Gasteiger partial charge in [-0.3, -0.25) is 0 Å². The average molecular weight is 956 g/mol. The quantitative estimate of drug-likeness (QED) is 0.206. The smallest absolute Gasteiger partial charge is 2.00 e. The molecule has 100 valence electrons. The minimum absolute atomic E-state index is 0. The zero-order valence-corrected chi connectivity index (χ0v) is 26.1. The van der Waals surface area contributed by atoms with Gasteiger partial charge in [0.1, 0.15) is 0 Å². The zero-order chi connectivity index (χ0) is 14.3. The first-order chi connectivity index (χ1) is 6.93. The molecule has 0 atom stereocenters. The van der Waals surface area contributed by atoms with E-state index >= 15 is 0 Å². The fraction of sp³-hybridized carbons (Fsp3) is 0. The molecular weight excluding hydrogens is 956 g/mol. The molecule has 0 saturated heterocycles. The van der Waals surface area contributed by atoms with E-state index in [-0.39, 0.29) is 77.7 Å². The van der Waals surface area contributed by atoms with E-state index in [9.17, 15) is 0 Å². The van der Waals surface area contributed by atoms with Gasteiger partial charge in [0, 0.05) is 0 Å². The minimum Gasteiger partial charge on any atom is 2.00 e. The largest absolute Gasteiger partial charge is 2.00 e. The third-order valence-corrected chi connectivity index (χ3v) is 0. The number of hydrogen-bond acceptors (Lipinski definition) is 12. The van der Waals surface area contributed by atoms with E-state index in [0.717, 1.165) is 0 Å². The first-order valence-electron chi connectivity index (χ1n) is 2.32. The monoisotopic (exact) mass is 956 g/mol. The van der Waals surface area contributed by atoms with Crippen LogP contribution in [0.3, 0.4) is 0 Å². The molecule has 0 rings (SSSR count). The van der Waals surface area contributed by atoms with Crippen LogP contribution in [0.5, 0.6) is 0 Å². The van der Waals surface area contributed by atoms with Gasteiger partial charge in [-0.25, -0.2) is 0 Å². The van der Waals surface area contributed by atoms with Crippen molar-refractivity contribution in [2.75, 3.05) is 0 Å². The molecule has 4 radical (unpaired) electrons. The normalized spacial score (nSPS) is 5.37.